The molecule has 0 atom stereocenters. The van der Waals surface area contributed by atoms with Crippen molar-refractivity contribution in [2.75, 3.05) is 20.8 Å². The fourth-order valence-electron chi connectivity index (χ4n) is 2.82. The number of hydrogen-bond acceptors (Lipinski definition) is 7. The standard InChI is InChI=1S/C23H22FN3O6/c1-30-18-10-15(11-19(31-2)22(18)32-13-20(25)28)23(29)27-12-14-7-8-26-21(9-14)33-17-5-3-16(24)4-6-17/h3-11H,12-13H2,1-2H3,(H2,25,28)(H,27,29). The molecule has 3 aromatic rings. The molecule has 172 valence electrons. The minimum atomic E-state index is -0.666. The minimum absolute atomic E-state index is 0.159. The lowest BCUT2D eigenvalue weighted by molar-refractivity contribution is -0.120. The number of rotatable bonds is 10. The highest BCUT2D eigenvalue weighted by atomic mass is 19.1. The number of amides is 2. The van der Waals surface area contributed by atoms with E-state index in [9.17, 15) is 14.0 Å². The molecule has 10 heteroatoms. The molecule has 9 nitrogen and oxygen atoms in total. The van der Waals surface area contributed by atoms with Crippen molar-refractivity contribution in [2.24, 2.45) is 5.73 Å². The van der Waals surface area contributed by atoms with Crippen molar-refractivity contribution in [3.63, 3.8) is 0 Å². The summed E-state index contributed by atoms with van der Waals surface area (Å²) in [7, 11) is 2.79. The summed E-state index contributed by atoms with van der Waals surface area (Å²) in [5.74, 6) is -0.124. The summed E-state index contributed by atoms with van der Waals surface area (Å²) >= 11 is 0. The summed E-state index contributed by atoms with van der Waals surface area (Å²) in [5, 5.41) is 2.79. The van der Waals surface area contributed by atoms with Crippen molar-refractivity contribution in [1.82, 2.24) is 10.3 Å². The molecule has 0 aliphatic carbocycles. The molecule has 0 radical (unpaired) electrons. The Hall–Kier alpha value is -4.34. The average Bonchev–Trinajstić information content (AvgIpc) is 2.82. The number of hydrogen-bond donors (Lipinski definition) is 2. The van der Waals surface area contributed by atoms with E-state index in [1.807, 2.05) is 0 Å². The first-order valence-electron chi connectivity index (χ1n) is 9.73. The van der Waals surface area contributed by atoms with Crippen LogP contribution in [0.2, 0.25) is 0 Å². The van der Waals surface area contributed by atoms with Crippen LogP contribution in [0.3, 0.4) is 0 Å². The highest BCUT2D eigenvalue weighted by Gasteiger charge is 2.18. The number of nitrogens with one attached hydrogen (secondary N) is 1. The molecule has 1 heterocycles. The average molecular weight is 455 g/mol. The number of nitrogens with two attached hydrogens (primary N) is 1. The molecule has 0 fully saturated rings. The van der Waals surface area contributed by atoms with Gasteiger partial charge in [-0.1, -0.05) is 0 Å². The van der Waals surface area contributed by atoms with Gasteiger partial charge in [0.25, 0.3) is 11.8 Å². The third kappa shape index (κ3) is 6.33. The normalized spacial score (nSPS) is 10.3. The predicted octanol–water partition coefficient (Wildman–Crippen LogP) is 2.82. The van der Waals surface area contributed by atoms with Gasteiger partial charge in [-0.05, 0) is 48.0 Å². The number of ether oxygens (including phenoxy) is 4. The summed E-state index contributed by atoms with van der Waals surface area (Å²) in [4.78, 5) is 27.9. The van der Waals surface area contributed by atoms with E-state index in [-0.39, 0.29) is 41.8 Å². The maximum Gasteiger partial charge on any atom is 0.255 e. The molecule has 0 aliphatic heterocycles. The molecule has 0 spiro atoms. The third-order valence-electron chi connectivity index (χ3n) is 4.37. The number of primary amides is 1. The monoisotopic (exact) mass is 455 g/mol. The van der Waals surface area contributed by atoms with Crippen molar-refractivity contribution in [3.05, 3.63) is 71.7 Å². The van der Waals surface area contributed by atoms with E-state index in [1.54, 1.807) is 12.1 Å². The lowest BCUT2D eigenvalue weighted by Gasteiger charge is -2.15. The fraction of sp³-hybridized carbons (Fsp3) is 0.174. The molecule has 2 aromatic carbocycles. The van der Waals surface area contributed by atoms with Crippen LogP contribution < -0.4 is 30.0 Å². The summed E-state index contributed by atoms with van der Waals surface area (Å²) in [6, 6.07) is 11.9. The van der Waals surface area contributed by atoms with E-state index < -0.39 is 11.8 Å². The number of nitrogens with zero attached hydrogens (tertiary/aromatic N) is 1. The zero-order chi connectivity index (χ0) is 23.8. The molecule has 33 heavy (non-hydrogen) atoms. The summed E-state index contributed by atoms with van der Waals surface area (Å²) in [6.07, 6.45) is 1.54. The van der Waals surface area contributed by atoms with E-state index >= 15 is 0 Å². The first-order valence-corrected chi connectivity index (χ1v) is 9.73. The topological polar surface area (TPSA) is 122 Å². The molecule has 0 aliphatic rings. The minimum Gasteiger partial charge on any atom is -0.493 e. The van der Waals surface area contributed by atoms with Crippen LogP contribution >= 0.6 is 0 Å². The number of benzene rings is 2. The quantitative estimate of drug-likeness (QED) is 0.482. The molecular formula is C23H22FN3O6. The third-order valence-corrected chi connectivity index (χ3v) is 4.37. The van der Waals surface area contributed by atoms with E-state index in [2.05, 4.69) is 10.3 Å². The van der Waals surface area contributed by atoms with Crippen LogP contribution in [0.5, 0.6) is 28.9 Å². The van der Waals surface area contributed by atoms with E-state index in [4.69, 9.17) is 24.7 Å². The van der Waals surface area contributed by atoms with Crippen LogP contribution in [0, 0.1) is 5.82 Å². The van der Waals surface area contributed by atoms with E-state index in [0.29, 0.717) is 11.6 Å². The van der Waals surface area contributed by atoms with E-state index in [1.165, 1.54) is 56.8 Å². The Morgan fingerprint density at radius 3 is 2.30 bits per heavy atom. The molecule has 0 saturated carbocycles. The van der Waals surface area contributed by atoms with Crippen molar-refractivity contribution in [1.29, 1.82) is 0 Å². The molecule has 2 amide bonds. The Morgan fingerprint density at radius 2 is 1.70 bits per heavy atom. The van der Waals surface area contributed by atoms with Gasteiger partial charge in [-0.3, -0.25) is 9.59 Å². The number of carbonyl (C=O) groups is 2. The van der Waals surface area contributed by atoms with Gasteiger partial charge in [-0.25, -0.2) is 9.37 Å². The maximum atomic E-state index is 13.0. The largest absolute Gasteiger partial charge is 0.493 e. The molecule has 0 saturated heterocycles. The van der Waals surface area contributed by atoms with Crippen LogP contribution in [0.15, 0.2) is 54.7 Å². The van der Waals surface area contributed by atoms with Crippen molar-refractivity contribution >= 4 is 11.8 Å². The van der Waals surface area contributed by atoms with Gasteiger partial charge in [-0.2, -0.15) is 0 Å². The van der Waals surface area contributed by atoms with Gasteiger partial charge in [-0.15, -0.1) is 0 Å². The second-order valence-corrected chi connectivity index (χ2v) is 6.71. The fourth-order valence-corrected chi connectivity index (χ4v) is 2.82. The number of aromatic nitrogens is 1. The molecule has 3 N–H and O–H groups in total. The summed E-state index contributed by atoms with van der Waals surface area (Å²) < 4.78 is 34.5. The summed E-state index contributed by atoms with van der Waals surface area (Å²) in [6.45, 7) is -0.186. The predicted molar refractivity (Wildman–Crippen MR) is 116 cm³/mol. The SMILES string of the molecule is COc1cc(C(=O)NCc2ccnc(Oc3ccc(F)cc3)c2)cc(OC)c1OCC(N)=O. The van der Waals surface area contributed by atoms with Crippen molar-refractivity contribution in [3.8, 4) is 28.9 Å². The zero-order valence-electron chi connectivity index (χ0n) is 18.0. The number of carbonyl (C=O) groups excluding carboxylic acids is 2. The number of pyridine rings is 1. The lowest BCUT2D eigenvalue weighted by Crippen LogP contribution is -2.23. The van der Waals surface area contributed by atoms with Gasteiger partial charge >= 0.3 is 0 Å². The maximum absolute atomic E-state index is 13.0. The first-order chi connectivity index (χ1) is 15.9. The van der Waals surface area contributed by atoms with Crippen LogP contribution in [-0.2, 0) is 11.3 Å². The molecule has 0 unspecified atom stereocenters. The first kappa shape index (κ1) is 23.3. The molecule has 0 bridgehead atoms. The second kappa shape index (κ2) is 10.8. The van der Waals surface area contributed by atoms with Gasteiger partial charge in [0.1, 0.15) is 11.6 Å². The highest BCUT2D eigenvalue weighted by Crippen LogP contribution is 2.38. The van der Waals surface area contributed by atoms with Gasteiger partial charge < -0.3 is 30.0 Å². The Kier molecular flexibility index (Phi) is 7.64. The highest BCUT2D eigenvalue weighted by molar-refractivity contribution is 5.95. The van der Waals surface area contributed by atoms with Gasteiger partial charge in [0.05, 0.1) is 14.2 Å². The molecule has 1 aromatic heterocycles. The number of halogens is 1. The number of methoxy groups -OCH3 is 2. The Labute approximate surface area is 189 Å². The molecular weight excluding hydrogens is 433 g/mol. The van der Waals surface area contributed by atoms with Crippen molar-refractivity contribution < 1.29 is 32.9 Å². The van der Waals surface area contributed by atoms with Crippen LogP contribution in [0.1, 0.15) is 15.9 Å². The lowest BCUT2D eigenvalue weighted by atomic mass is 10.1. The zero-order valence-corrected chi connectivity index (χ0v) is 18.0. The molecule has 3 rings (SSSR count). The Bertz CT molecular complexity index is 1110. The second-order valence-electron chi connectivity index (χ2n) is 6.71. The van der Waals surface area contributed by atoms with E-state index in [0.717, 1.165) is 5.56 Å². The van der Waals surface area contributed by atoms with Crippen LogP contribution in [0.25, 0.3) is 0 Å². The Balaban J connectivity index is 1.70. The summed E-state index contributed by atoms with van der Waals surface area (Å²) in [5.41, 5.74) is 6.11. The van der Waals surface area contributed by atoms with Crippen molar-refractivity contribution in [2.45, 2.75) is 6.54 Å². The van der Waals surface area contributed by atoms with Crippen LogP contribution in [-0.4, -0.2) is 37.6 Å². The van der Waals surface area contributed by atoms with Gasteiger partial charge in [0, 0.05) is 24.4 Å². The van der Waals surface area contributed by atoms with Gasteiger partial charge in [0.2, 0.25) is 11.6 Å². The van der Waals surface area contributed by atoms with Crippen LogP contribution in [0.4, 0.5) is 4.39 Å². The Morgan fingerprint density at radius 1 is 1.03 bits per heavy atom. The smallest absolute Gasteiger partial charge is 0.255 e. The van der Waals surface area contributed by atoms with Gasteiger partial charge in [0.15, 0.2) is 18.1 Å².